The maximum Gasteiger partial charge on any atom is 0.344 e. The second-order valence-corrected chi connectivity index (χ2v) is 10.8. The molecule has 6 aromatic rings. The lowest BCUT2D eigenvalue weighted by molar-refractivity contribution is 0.441. The van der Waals surface area contributed by atoms with Gasteiger partial charge in [-0.3, -0.25) is 0 Å². The Balaban J connectivity index is 1.65. The van der Waals surface area contributed by atoms with Crippen molar-refractivity contribution >= 4 is 53.8 Å². The smallest absolute Gasteiger partial charge is 0.344 e. The normalized spacial score (nSPS) is 11.4. The zero-order chi connectivity index (χ0) is 28.0. The van der Waals surface area contributed by atoms with E-state index in [-0.39, 0.29) is 44.6 Å². The lowest BCUT2D eigenvalue weighted by Crippen LogP contribution is -2.21. The molecule has 0 saturated carbocycles. The molecule has 0 unspecified atom stereocenters. The third kappa shape index (κ3) is 4.67. The largest absolute Gasteiger partial charge is 0.507 e. The number of ether oxygens (including phenoxy) is 1. The summed E-state index contributed by atoms with van der Waals surface area (Å²) in [6, 6.07) is 25.4. The molecule has 0 saturated heterocycles. The Hall–Kier alpha value is -4.34. The zero-order valence-corrected chi connectivity index (χ0v) is 23.6. The van der Waals surface area contributed by atoms with Gasteiger partial charge in [-0.05, 0) is 66.2 Å². The number of halogens is 2. The summed E-state index contributed by atoms with van der Waals surface area (Å²) in [5.41, 5.74) is -1.53. The second kappa shape index (κ2) is 10.3. The summed E-state index contributed by atoms with van der Waals surface area (Å²) >= 11 is 6.76. The number of para-hydroxylation sites is 1. The predicted octanol–water partition coefficient (Wildman–Crippen LogP) is 7.81. The topological polar surface area (TPSA) is 110 Å². The quantitative estimate of drug-likeness (QED) is 0.181. The van der Waals surface area contributed by atoms with Crippen LogP contribution >= 0.6 is 31.9 Å². The lowest BCUT2D eigenvalue weighted by Gasteiger charge is -2.20. The number of aromatic hydroxyl groups is 2. The summed E-state index contributed by atoms with van der Waals surface area (Å²) in [6.07, 6.45) is 0. The first-order valence-corrected chi connectivity index (χ1v) is 13.6. The van der Waals surface area contributed by atoms with E-state index in [1.807, 2.05) is 18.2 Å². The third-order valence-electron chi connectivity index (χ3n) is 6.50. The van der Waals surface area contributed by atoms with E-state index in [0.717, 1.165) is 0 Å². The minimum absolute atomic E-state index is 0.160. The van der Waals surface area contributed by atoms with E-state index in [9.17, 15) is 19.8 Å². The minimum atomic E-state index is -1.28. The average molecular weight is 662 g/mol. The van der Waals surface area contributed by atoms with Gasteiger partial charge in [-0.1, -0.05) is 62.2 Å². The van der Waals surface area contributed by atoms with Gasteiger partial charge in [0.2, 0.25) is 0 Å². The van der Waals surface area contributed by atoms with Crippen LogP contribution in [0.5, 0.6) is 23.0 Å². The Morgan fingerprint density at radius 1 is 0.625 bits per heavy atom. The summed E-state index contributed by atoms with van der Waals surface area (Å²) in [5, 5.41) is 23.4. The van der Waals surface area contributed by atoms with Gasteiger partial charge in [0.1, 0.15) is 34.2 Å². The van der Waals surface area contributed by atoms with Crippen molar-refractivity contribution < 1.29 is 23.8 Å². The van der Waals surface area contributed by atoms with Crippen LogP contribution in [0.4, 0.5) is 0 Å². The van der Waals surface area contributed by atoms with Gasteiger partial charge in [0.25, 0.3) is 0 Å². The number of hydrogen-bond acceptors (Lipinski definition) is 7. The number of fused-ring (bicyclic) bond motifs is 2. The van der Waals surface area contributed by atoms with Crippen molar-refractivity contribution in [3.05, 3.63) is 137 Å². The van der Waals surface area contributed by atoms with Gasteiger partial charge in [0, 0.05) is 8.95 Å². The van der Waals surface area contributed by atoms with E-state index < -0.39 is 17.2 Å². The third-order valence-corrected chi connectivity index (χ3v) is 7.48. The molecule has 6 rings (SSSR count). The zero-order valence-electron chi connectivity index (χ0n) is 20.4. The highest BCUT2D eigenvalue weighted by molar-refractivity contribution is 9.10. The first-order valence-electron chi connectivity index (χ1n) is 12.0. The van der Waals surface area contributed by atoms with Crippen LogP contribution < -0.4 is 16.0 Å². The van der Waals surface area contributed by atoms with Crippen LogP contribution in [0.1, 0.15) is 22.6 Å². The van der Waals surface area contributed by atoms with Crippen LogP contribution in [0.2, 0.25) is 0 Å². The van der Waals surface area contributed by atoms with Crippen molar-refractivity contribution in [1.29, 1.82) is 0 Å². The Bertz CT molecular complexity index is 1930. The van der Waals surface area contributed by atoms with E-state index >= 15 is 0 Å². The second-order valence-electron chi connectivity index (χ2n) is 9.01. The van der Waals surface area contributed by atoms with E-state index in [1.54, 1.807) is 72.8 Å². The van der Waals surface area contributed by atoms with E-state index in [0.29, 0.717) is 26.0 Å². The Labute approximate surface area is 243 Å². The fourth-order valence-electron chi connectivity index (χ4n) is 4.71. The van der Waals surface area contributed by atoms with Gasteiger partial charge >= 0.3 is 11.3 Å². The molecule has 0 aliphatic carbocycles. The summed E-state index contributed by atoms with van der Waals surface area (Å²) < 4.78 is 18.4. The number of benzene rings is 4. The maximum atomic E-state index is 13.5. The van der Waals surface area contributed by atoms with Crippen molar-refractivity contribution in [2.75, 3.05) is 0 Å². The van der Waals surface area contributed by atoms with E-state index in [2.05, 4.69) is 31.9 Å². The molecule has 198 valence electrons. The molecular weight excluding hydrogens is 644 g/mol. The molecule has 0 fully saturated rings. The van der Waals surface area contributed by atoms with Gasteiger partial charge in [-0.15, -0.1) is 0 Å². The number of rotatable bonds is 5. The van der Waals surface area contributed by atoms with Crippen molar-refractivity contribution in [3.8, 4) is 23.0 Å². The van der Waals surface area contributed by atoms with Crippen LogP contribution in [-0.4, -0.2) is 10.2 Å². The van der Waals surface area contributed by atoms with Gasteiger partial charge in [0.15, 0.2) is 0 Å². The molecule has 40 heavy (non-hydrogen) atoms. The van der Waals surface area contributed by atoms with Gasteiger partial charge in [-0.2, -0.15) is 0 Å². The summed E-state index contributed by atoms with van der Waals surface area (Å²) in [7, 11) is 0. The van der Waals surface area contributed by atoms with Crippen molar-refractivity contribution in [2.45, 2.75) is 5.92 Å². The molecule has 2 N–H and O–H groups in total. The van der Waals surface area contributed by atoms with Crippen LogP contribution in [0.3, 0.4) is 0 Å². The summed E-state index contributed by atoms with van der Waals surface area (Å²) in [5.74, 6) is -1.07. The molecule has 0 aliphatic rings. The van der Waals surface area contributed by atoms with Crippen LogP contribution in [0, 0.1) is 0 Å². The first-order chi connectivity index (χ1) is 19.3. The molecule has 4 aromatic carbocycles. The highest BCUT2D eigenvalue weighted by atomic mass is 79.9. The molecule has 0 amide bonds. The summed E-state index contributed by atoms with van der Waals surface area (Å²) in [4.78, 5) is 26.9. The maximum absolute atomic E-state index is 13.5. The highest BCUT2D eigenvalue weighted by Gasteiger charge is 2.33. The average Bonchev–Trinajstić information content (AvgIpc) is 2.94. The van der Waals surface area contributed by atoms with Gasteiger partial charge in [-0.25, -0.2) is 9.59 Å². The van der Waals surface area contributed by atoms with Gasteiger partial charge < -0.3 is 23.8 Å². The molecule has 2 heterocycles. The van der Waals surface area contributed by atoms with Crippen molar-refractivity contribution in [1.82, 2.24) is 0 Å². The minimum Gasteiger partial charge on any atom is -0.507 e. The molecule has 0 aliphatic heterocycles. The fourth-order valence-corrected chi connectivity index (χ4v) is 5.44. The molecule has 0 bridgehead atoms. The molecule has 2 aromatic heterocycles. The van der Waals surface area contributed by atoms with Crippen LogP contribution in [0.15, 0.2) is 118 Å². The number of hydrogen-bond donors (Lipinski definition) is 2. The van der Waals surface area contributed by atoms with E-state index in [1.165, 1.54) is 0 Å². The SMILES string of the molecule is O=c1oc2ccc(Br)cc2c(O)c1C(c1cccc(Oc2ccccc2)c1)c1c(O)c2cc(Br)ccc2oc1=O. The highest BCUT2D eigenvalue weighted by Crippen LogP contribution is 2.43. The predicted molar refractivity (Wildman–Crippen MR) is 158 cm³/mol. The van der Waals surface area contributed by atoms with Crippen LogP contribution in [-0.2, 0) is 0 Å². The standard InChI is InChI=1S/C31H18Br2O7/c32-17-9-11-23-21(14-17)28(34)26(30(36)39-23)25(16-5-4-8-20(13-16)38-19-6-2-1-3-7-19)27-29(35)22-15-18(33)10-12-24(22)40-31(27)37/h1-15,25,34-35H. The van der Waals surface area contributed by atoms with Crippen molar-refractivity contribution in [3.63, 3.8) is 0 Å². The first kappa shape index (κ1) is 25.9. The Morgan fingerprint density at radius 3 is 1.70 bits per heavy atom. The Kier molecular flexibility index (Phi) is 6.69. The molecule has 9 heteroatoms. The van der Waals surface area contributed by atoms with E-state index in [4.69, 9.17) is 13.6 Å². The molecule has 0 radical (unpaired) electrons. The lowest BCUT2D eigenvalue weighted by atomic mass is 9.84. The molecule has 7 nitrogen and oxygen atoms in total. The summed E-state index contributed by atoms with van der Waals surface area (Å²) in [6.45, 7) is 0. The monoisotopic (exact) mass is 660 g/mol. The molecule has 0 spiro atoms. The van der Waals surface area contributed by atoms with Crippen molar-refractivity contribution in [2.24, 2.45) is 0 Å². The van der Waals surface area contributed by atoms with Gasteiger partial charge in [0.05, 0.1) is 27.8 Å². The Morgan fingerprint density at radius 2 is 1.15 bits per heavy atom. The molecular formula is C31H18Br2O7. The fraction of sp³-hybridized carbons (Fsp3) is 0.0323. The van der Waals surface area contributed by atoms with Crippen LogP contribution in [0.25, 0.3) is 21.9 Å². The molecule has 0 atom stereocenters.